The second-order valence-electron chi connectivity index (χ2n) is 15.9. The molecule has 4 heteroatoms. The summed E-state index contributed by atoms with van der Waals surface area (Å²) < 4.78 is 2.46. The molecule has 11 aromatic rings. The zero-order valence-electron chi connectivity index (χ0n) is 32.4. The summed E-state index contributed by atoms with van der Waals surface area (Å²) in [6.45, 7) is 0. The minimum Gasteiger partial charge on any atom is -0.308 e. The third-order valence-electron chi connectivity index (χ3n) is 12.9. The van der Waals surface area contributed by atoms with Gasteiger partial charge in [0.05, 0.1) is 27.7 Å². The Balaban J connectivity index is 1.16. The van der Waals surface area contributed by atoms with Crippen LogP contribution in [0.2, 0.25) is 0 Å². The minimum atomic E-state index is -0.468. The van der Waals surface area contributed by atoms with Crippen LogP contribution >= 0.6 is 0 Å². The molecule has 0 unspecified atom stereocenters. The van der Waals surface area contributed by atoms with Gasteiger partial charge in [0.1, 0.15) is 0 Å². The average molecular weight is 763 g/mol. The van der Waals surface area contributed by atoms with Gasteiger partial charge in [0, 0.05) is 21.9 Å². The Hall–Kier alpha value is -7.95. The first-order chi connectivity index (χ1) is 29.8. The molecule has 13 rings (SSSR count). The van der Waals surface area contributed by atoms with E-state index in [9.17, 15) is 0 Å². The van der Waals surface area contributed by atoms with Crippen LogP contribution in [-0.2, 0) is 5.41 Å². The Bertz CT molecular complexity index is 3440. The molecule has 2 heterocycles. The van der Waals surface area contributed by atoms with E-state index < -0.39 is 5.41 Å². The van der Waals surface area contributed by atoms with Gasteiger partial charge >= 0.3 is 0 Å². The quantitative estimate of drug-likeness (QED) is 0.179. The maximum atomic E-state index is 5.34. The van der Waals surface area contributed by atoms with E-state index in [1.807, 2.05) is 36.4 Å². The Morgan fingerprint density at radius 1 is 0.333 bits per heavy atom. The number of rotatable bonds is 4. The van der Waals surface area contributed by atoms with E-state index in [-0.39, 0.29) is 0 Å². The zero-order chi connectivity index (χ0) is 39.4. The fourth-order valence-electron chi connectivity index (χ4n) is 10.4. The third kappa shape index (κ3) is 4.47. The van der Waals surface area contributed by atoms with Crippen LogP contribution < -0.4 is 0 Å². The van der Waals surface area contributed by atoms with Crippen molar-refractivity contribution in [2.45, 2.75) is 5.41 Å². The topological polar surface area (TPSA) is 43.6 Å². The SMILES string of the molecule is c1ccc(-c2nc(-c3ccccc3)nc(-c3c(-n4c5ccccc5c5cc6c(cc54)C4(c5ccccc5-c5ccccc54)c4ccccc4-6)ccc4ccccc34)n2)cc1. The largest absolute Gasteiger partial charge is 0.308 e. The van der Waals surface area contributed by atoms with Gasteiger partial charge in [-0.1, -0.05) is 182 Å². The highest BCUT2D eigenvalue weighted by atomic mass is 15.1. The molecular formula is C56H34N4. The van der Waals surface area contributed by atoms with Gasteiger partial charge in [-0.3, -0.25) is 0 Å². The predicted molar refractivity (Wildman–Crippen MR) is 244 cm³/mol. The number of para-hydroxylation sites is 1. The van der Waals surface area contributed by atoms with Gasteiger partial charge in [0.25, 0.3) is 0 Å². The molecule has 0 fully saturated rings. The fraction of sp³-hybridized carbons (Fsp3) is 0.0179. The summed E-state index contributed by atoms with van der Waals surface area (Å²) in [5, 5.41) is 4.61. The summed E-state index contributed by atoms with van der Waals surface area (Å²) in [5.74, 6) is 1.90. The Kier molecular flexibility index (Phi) is 6.90. The number of benzene rings is 9. The Morgan fingerprint density at radius 3 is 1.47 bits per heavy atom. The molecule has 2 aromatic heterocycles. The van der Waals surface area contributed by atoms with Crippen LogP contribution in [0.5, 0.6) is 0 Å². The first-order valence-electron chi connectivity index (χ1n) is 20.5. The highest BCUT2D eigenvalue weighted by Gasteiger charge is 2.51. The monoisotopic (exact) mass is 762 g/mol. The number of hydrogen-bond acceptors (Lipinski definition) is 3. The normalized spacial score (nSPS) is 13.1. The minimum absolute atomic E-state index is 0.468. The first kappa shape index (κ1) is 33.1. The van der Waals surface area contributed by atoms with E-state index in [2.05, 4.69) is 174 Å². The lowest BCUT2D eigenvalue weighted by molar-refractivity contribution is 0.794. The highest BCUT2D eigenvalue weighted by Crippen LogP contribution is 2.63. The lowest BCUT2D eigenvalue weighted by Crippen LogP contribution is -2.25. The van der Waals surface area contributed by atoms with Gasteiger partial charge in [0.2, 0.25) is 0 Å². The van der Waals surface area contributed by atoms with E-state index >= 15 is 0 Å². The van der Waals surface area contributed by atoms with Crippen molar-refractivity contribution in [2.75, 3.05) is 0 Å². The second-order valence-corrected chi connectivity index (χ2v) is 15.9. The Morgan fingerprint density at radius 2 is 0.833 bits per heavy atom. The van der Waals surface area contributed by atoms with Crippen molar-refractivity contribution >= 4 is 32.6 Å². The maximum Gasteiger partial charge on any atom is 0.166 e. The second kappa shape index (κ2) is 12.5. The van der Waals surface area contributed by atoms with Crippen molar-refractivity contribution in [3.8, 4) is 62.1 Å². The van der Waals surface area contributed by atoms with Gasteiger partial charge in [-0.25, -0.2) is 15.0 Å². The van der Waals surface area contributed by atoms with Gasteiger partial charge in [-0.15, -0.1) is 0 Å². The van der Waals surface area contributed by atoms with Crippen LogP contribution in [0.3, 0.4) is 0 Å². The van der Waals surface area contributed by atoms with Crippen LogP contribution in [0.1, 0.15) is 22.3 Å². The van der Waals surface area contributed by atoms with Crippen LogP contribution in [0.15, 0.2) is 206 Å². The van der Waals surface area contributed by atoms with Crippen LogP contribution in [0.4, 0.5) is 0 Å². The summed E-state index contributed by atoms with van der Waals surface area (Å²) >= 11 is 0. The summed E-state index contributed by atoms with van der Waals surface area (Å²) in [5.41, 5.74) is 16.1. The summed E-state index contributed by atoms with van der Waals surface area (Å²) in [6.07, 6.45) is 0. The van der Waals surface area contributed by atoms with E-state index in [0.717, 1.165) is 44.2 Å². The van der Waals surface area contributed by atoms with Crippen LogP contribution in [0.25, 0.3) is 94.7 Å². The van der Waals surface area contributed by atoms with Gasteiger partial charge in [0.15, 0.2) is 17.5 Å². The molecule has 2 aliphatic carbocycles. The van der Waals surface area contributed by atoms with E-state index in [1.165, 1.54) is 55.3 Å². The number of nitrogens with zero attached hydrogens (tertiary/aromatic N) is 4. The van der Waals surface area contributed by atoms with Crippen molar-refractivity contribution in [1.29, 1.82) is 0 Å². The highest BCUT2D eigenvalue weighted by molar-refractivity contribution is 6.14. The molecule has 0 saturated carbocycles. The van der Waals surface area contributed by atoms with Crippen LogP contribution in [-0.4, -0.2) is 19.5 Å². The van der Waals surface area contributed by atoms with Crippen molar-refractivity contribution in [2.24, 2.45) is 0 Å². The number of aromatic nitrogens is 4. The van der Waals surface area contributed by atoms with Crippen molar-refractivity contribution in [3.05, 3.63) is 229 Å². The summed E-state index contributed by atoms with van der Waals surface area (Å²) in [4.78, 5) is 15.8. The third-order valence-corrected chi connectivity index (χ3v) is 12.9. The summed E-state index contributed by atoms with van der Waals surface area (Å²) in [6, 6.07) is 74.4. The lowest BCUT2D eigenvalue weighted by Gasteiger charge is -2.30. The molecule has 278 valence electrons. The number of fused-ring (bicyclic) bond motifs is 14. The maximum absolute atomic E-state index is 5.34. The predicted octanol–water partition coefficient (Wildman–Crippen LogP) is 13.5. The molecular weight excluding hydrogens is 729 g/mol. The molecule has 9 aromatic carbocycles. The zero-order valence-corrected chi connectivity index (χ0v) is 32.4. The molecule has 0 atom stereocenters. The number of hydrogen-bond donors (Lipinski definition) is 0. The standard InChI is InChI=1S/C56H34N4/c1-3-18-36(19-4-1)53-57-54(37-20-5-2-6-21-37)59-55(58-53)52-38-22-8-7-17-35(38)31-32-50(52)60-49-30-16-12-26-42(49)44-33-43-41-25-11-15-29-47(41)56(48(43)34-51(44)60)45-27-13-9-23-39(45)40-24-10-14-28-46(40)56/h1-34H. The fourth-order valence-corrected chi connectivity index (χ4v) is 10.4. The molecule has 1 spiro atoms. The molecule has 4 nitrogen and oxygen atoms in total. The van der Waals surface area contributed by atoms with Gasteiger partial charge in [-0.05, 0) is 79.5 Å². The first-order valence-corrected chi connectivity index (χ1v) is 20.5. The van der Waals surface area contributed by atoms with E-state index in [0.29, 0.717) is 17.5 Å². The van der Waals surface area contributed by atoms with Crippen LogP contribution in [0, 0.1) is 0 Å². The molecule has 0 saturated heterocycles. The lowest BCUT2D eigenvalue weighted by atomic mass is 9.70. The molecule has 2 aliphatic rings. The van der Waals surface area contributed by atoms with Crippen molar-refractivity contribution < 1.29 is 0 Å². The summed E-state index contributed by atoms with van der Waals surface area (Å²) in [7, 11) is 0. The molecule has 60 heavy (non-hydrogen) atoms. The smallest absolute Gasteiger partial charge is 0.166 e. The van der Waals surface area contributed by atoms with Crippen molar-refractivity contribution in [1.82, 2.24) is 19.5 Å². The molecule has 0 radical (unpaired) electrons. The van der Waals surface area contributed by atoms with Gasteiger partial charge < -0.3 is 4.57 Å². The molecule has 0 aliphatic heterocycles. The Labute approximate surface area is 346 Å². The molecule has 0 amide bonds. The van der Waals surface area contributed by atoms with E-state index in [4.69, 9.17) is 15.0 Å². The molecule has 0 bridgehead atoms. The van der Waals surface area contributed by atoms with Crippen molar-refractivity contribution in [3.63, 3.8) is 0 Å². The van der Waals surface area contributed by atoms with E-state index in [1.54, 1.807) is 0 Å². The van der Waals surface area contributed by atoms with Gasteiger partial charge in [-0.2, -0.15) is 0 Å². The molecule has 0 N–H and O–H groups in total. The average Bonchev–Trinajstić information content (AvgIpc) is 3.92.